The Morgan fingerprint density at radius 2 is 2.11 bits per heavy atom. The third-order valence-corrected chi connectivity index (χ3v) is 6.90. The zero-order chi connectivity index (χ0) is 18.7. The molecule has 2 aliphatic rings. The average molecular weight is 385 g/mol. The van der Waals surface area contributed by atoms with Gasteiger partial charge in [0.05, 0.1) is 22.9 Å². The summed E-state index contributed by atoms with van der Waals surface area (Å²) >= 11 is 1.77. The number of piperidine rings is 2. The molecule has 0 aliphatic carbocycles. The van der Waals surface area contributed by atoms with E-state index in [1.807, 2.05) is 23.1 Å². The van der Waals surface area contributed by atoms with Crippen molar-refractivity contribution in [2.24, 2.45) is 5.41 Å². The quantitative estimate of drug-likeness (QED) is 0.792. The average Bonchev–Trinajstić information content (AvgIpc) is 3.14. The number of hydrogen-bond acceptors (Lipinski definition) is 5. The van der Waals surface area contributed by atoms with Crippen molar-refractivity contribution in [3.8, 4) is 0 Å². The standard InChI is InChI=1S/C21H28N4OS/c1-2-19-23-18(14-27-19)12-24-11-5-8-21(15-24)9-7-20(26)25(16-21)13-17-6-3-4-10-22-17/h3-4,6,10,14H,2,5,7-9,11-13,15-16H2,1H3/t21-/m1/s1. The van der Waals surface area contributed by atoms with Crippen LogP contribution in [0.5, 0.6) is 0 Å². The monoisotopic (exact) mass is 384 g/mol. The van der Waals surface area contributed by atoms with Crippen LogP contribution in [0.15, 0.2) is 29.8 Å². The summed E-state index contributed by atoms with van der Waals surface area (Å²) in [6.07, 6.45) is 6.92. The van der Waals surface area contributed by atoms with E-state index in [1.54, 1.807) is 17.5 Å². The molecule has 2 aliphatic heterocycles. The van der Waals surface area contributed by atoms with Crippen molar-refractivity contribution in [3.05, 3.63) is 46.2 Å². The van der Waals surface area contributed by atoms with Crippen molar-refractivity contribution in [3.63, 3.8) is 0 Å². The number of likely N-dealkylation sites (tertiary alicyclic amines) is 2. The van der Waals surface area contributed by atoms with Gasteiger partial charge in [-0.2, -0.15) is 0 Å². The van der Waals surface area contributed by atoms with E-state index < -0.39 is 0 Å². The van der Waals surface area contributed by atoms with E-state index >= 15 is 0 Å². The molecular formula is C21H28N4OS. The van der Waals surface area contributed by atoms with Gasteiger partial charge in [0.2, 0.25) is 5.91 Å². The number of pyridine rings is 1. The molecule has 0 bridgehead atoms. The van der Waals surface area contributed by atoms with Crippen LogP contribution in [0, 0.1) is 5.41 Å². The lowest BCUT2D eigenvalue weighted by molar-refractivity contribution is -0.140. The van der Waals surface area contributed by atoms with Crippen LogP contribution in [-0.2, 0) is 24.3 Å². The second kappa shape index (κ2) is 8.07. The molecule has 2 aromatic rings. The van der Waals surface area contributed by atoms with Crippen LogP contribution in [0.4, 0.5) is 0 Å². The molecule has 5 nitrogen and oxygen atoms in total. The summed E-state index contributed by atoms with van der Waals surface area (Å²) in [5.74, 6) is 0.274. The zero-order valence-electron chi connectivity index (χ0n) is 16.1. The Balaban J connectivity index is 1.42. The van der Waals surface area contributed by atoms with Gasteiger partial charge in [0.1, 0.15) is 0 Å². The maximum Gasteiger partial charge on any atom is 0.222 e. The highest BCUT2D eigenvalue weighted by Gasteiger charge is 2.41. The number of aryl methyl sites for hydroxylation is 1. The maximum absolute atomic E-state index is 12.5. The predicted octanol–water partition coefficient (Wildman–Crippen LogP) is 3.51. The lowest BCUT2D eigenvalue weighted by Gasteiger charge is -2.48. The van der Waals surface area contributed by atoms with Crippen molar-refractivity contribution in [1.82, 2.24) is 19.8 Å². The molecule has 2 saturated heterocycles. The largest absolute Gasteiger partial charge is 0.336 e. The van der Waals surface area contributed by atoms with Gasteiger partial charge >= 0.3 is 0 Å². The minimum atomic E-state index is 0.227. The van der Waals surface area contributed by atoms with E-state index in [4.69, 9.17) is 4.98 Å². The van der Waals surface area contributed by atoms with E-state index in [9.17, 15) is 4.79 Å². The molecule has 2 aromatic heterocycles. The van der Waals surface area contributed by atoms with Crippen LogP contribution >= 0.6 is 11.3 Å². The predicted molar refractivity (Wildman–Crippen MR) is 107 cm³/mol. The first-order valence-corrected chi connectivity index (χ1v) is 10.9. The van der Waals surface area contributed by atoms with Gasteiger partial charge < -0.3 is 4.90 Å². The Hall–Kier alpha value is -1.79. The summed E-state index contributed by atoms with van der Waals surface area (Å²) in [4.78, 5) is 26.2. The van der Waals surface area contributed by atoms with Gasteiger partial charge in [0.15, 0.2) is 0 Å². The van der Waals surface area contributed by atoms with Crippen LogP contribution in [0.2, 0.25) is 0 Å². The number of carbonyl (C=O) groups excluding carboxylic acids is 1. The van der Waals surface area contributed by atoms with Crippen LogP contribution in [0.3, 0.4) is 0 Å². The van der Waals surface area contributed by atoms with Gasteiger partial charge in [-0.1, -0.05) is 13.0 Å². The third-order valence-electron chi connectivity index (χ3n) is 5.86. The minimum absolute atomic E-state index is 0.227. The summed E-state index contributed by atoms with van der Waals surface area (Å²) in [5.41, 5.74) is 2.40. The highest BCUT2D eigenvalue weighted by molar-refractivity contribution is 7.09. The molecule has 6 heteroatoms. The molecule has 0 aromatic carbocycles. The van der Waals surface area contributed by atoms with Gasteiger partial charge in [-0.05, 0) is 44.4 Å². The fourth-order valence-corrected chi connectivity index (χ4v) is 5.26. The first-order chi connectivity index (χ1) is 13.2. The molecule has 4 heterocycles. The number of carbonyl (C=O) groups is 1. The van der Waals surface area contributed by atoms with Crippen LogP contribution in [0.1, 0.15) is 49.0 Å². The van der Waals surface area contributed by atoms with Crippen molar-refractivity contribution in [2.75, 3.05) is 19.6 Å². The topological polar surface area (TPSA) is 49.3 Å². The Morgan fingerprint density at radius 1 is 1.19 bits per heavy atom. The number of nitrogens with zero attached hydrogens (tertiary/aromatic N) is 4. The summed E-state index contributed by atoms with van der Waals surface area (Å²) in [6.45, 7) is 6.79. The van der Waals surface area contributed by atoms with E-state index in [1.165, 1.54) is 23.5 Å². The van der Waals surface area contributed by atoms with Crippen LogP contribution < -0.4 is 0 Å². The molecule has 2 fully saturated rings. The number of amides is 1. The van der Waals surface area contributed by atoms with E-state index in [0.29, 0.717) is 13.0 Å². The fourth-order valence-electron chi connectivity index (χ4n) is 4.52. The molecule has 0 radical (unpaired) electrons. The number of hydrogen-bond donors (Lipinski definition) is 0. The van der Waals surface area contributed by atoms with Gasteiger partial charge in [0, 0.05) is 43.0 Å². The molecule has 0 unspecified atom stereocenters. The van der Waals surface area contributed by atoms with Crippen molar-refractivity contribution >= 4 is 17.2 Å². The van der Waals surface area contributed by atoms with Gasteiger partial charge in [-0.3, -0.25) is 14.7 Å². The summed E-state index contributed by atoms with van der Waals surface area (Å²) in [6, 6.07) is 5.92. The third kappa shape index (κ3) is 4.38. The van der Waals surface area contributed by atoms with E-state index in [0.717, 1.165) is 44.7 Å². The molecule has 1 amide bonds. The summed E-state index contributed by atoms with van der Waals surface area (Å²) in [5, 5.41) is 3.43. The first kappa shape index (κ1) is 18.6. The van der Waals surface area contributed by atoms with E-state index in [2.05, 4.69) is 22.2 Å². The Morgan fingerprint density at radius 3 is 2.89 bits per heavy atom. The molecule has 0 N–H and O–H groups in total. The second-order valence-corrected chi connectivity index (χ2v) is 8.91. The SMILES string of the molecule is CCc1nc(CN2CCC[C@@]3(CCC(=O)N(Cc4ccccn4)C3)C2)cs1. The van der Waals surface area contributed by atoms with Crippen LogP contribution in [-0.4, -0.2) is 45.3 Å². The zero-order valence-corrected chi connectivity index (χ0v) is 16.9. The molecule has 1 spiro atoms. The Bertz CT molecular complexity index is 777. The normalized spacial score (nSPS) is 23.9. The van der Waals surface area contributed by atoms with Gasteiger partial charge in [-0.15, -0.1) is 11.3 Å². The lowest BCUT2D eigenvalue weighted by atomic mass is 9.73. The maximum atomic E-state index is 12.5. The molecule has 0 saturated carbocycles. The van der Waals surface area contributed by atoms with Crippen molar-refractivity contribution < 1.29 is 4.79 Å². The smallest absolute Gasteiger partial charge is 0.222 e. The Labute approximate surface area is 165 Å². The second-order valence-electron chi connectivity index (χ2n) is 7.97. The first-order valence-electron chi connectivity index (χ1n) is 9.99. The van der Waals surface area contributed by atoms with Gasteiger partial charge in [0.25, 0.3) is 0 Å². The number of aromatic nitrogens is 2. The fraction of sp³-hybridized carbons (Fsp3) is 0.571. The van der Waals surface area contributed by atoms with Crippen LogP contribution in [0.25, 0.3) is 0 Å². The summed E-state index contributed by atoms with van der Waals surface area (Å²) < 4.78 is 0. The summed E-state index contributed by atoms with van der Waals surface area (Å²) in [7, 11) is 0. The highest BCUT2D eigenvalue weighted by Crippen LogP contribution is 2.39. The van der Waals surface area contributed by atoms with E-state index in [-0.39, 0.29) is 11.3 Å². The highest BCUT2D eigenvalue weighted by atomic mass is 32.1. The number of rotatable bonds is 5. The minimum Gasteiger partial charge on any atom is -0.336 e. The van der Waals surface area contributed by atoms with Gasteiger partial charge in [-0.25, -0.2) is 4.98 Å². The molecular weight excluding hydrogens is 356 g/mol. The lowest BCUT2D eigenvalue weighted by Crippen LogP contribution is -2.53. The van der Waals surface area contributed by atoms with Crippen molar-refractivity contribution in [2.45, 2.75) is 52.1 Å². The van der Waals surface area contributed by atoms with Crippen molar-refractivity contribution in [1.29, 1.82) is 0 Å². The molecule has 4 rings (SSSR count). The molecule has 144 valence electrons. The number of thiazole rings is 1. The molecule has 27 heavy (non-hydrogen) atoms. The Kier molecular flexibility index (Phi) is 5.55. The molecule has 1 atom stereocenters.